The molecule has 0 saturated carbocycles. The average Bonchev–Trinajstić information content (AvgIpc) is 2.45. The van der Waals surface area contributed by atoms with E-state index in [1.807, 2.05) is 0 Å². The molecule has 0 aliphatic rings. The van der Waals surface area contributed by atoms with Gasteiger partial charge in [0.2, 0.25) is 0 Å². The Morgan fingerprint density at radius 3 is 1.91 bits per heavy atom. The molecule has 5 nitrogen and oxygen atoms in total. The Bertz CT molecular complexity index is 503. The molecule has 0 aromatic heterocycles. The quantitative estimate of drug-likeness (QED) is 0.443. The van der Waals surface area contributed by atoms with Crippen molar-refractivity contribution in [1.82, 2.24) is 0 Å². The zero-order chi connectivity index (χ0) is 17.2. The molecule has 0 atom stereocenters. The summed E-state index contributed by atoms with van der Waals surface area (Å²) in [5, 5.41) is 0. The topological polar surface area (TPSA) is 61.8 Å². The third kappa shape index (κ3) is 7.78. The first-order valence-corrected chi connectivity index (χ1v) is 9.46. The molecule has 0 aliphatic heterocycles. The van der Waals surface area contributed by atoms with Crippen molar-refractivity contribution in [2.24, 2.45) is 0 Å². The summed E-state index contributed by atoms with van der Waals surface area (Å²) < 4.78 is 70.3. The van der Waals surface area contributed by atoms with Crippen LogP contribution < -0.4 is 4.18 Å². The van der Waals surface area contributed by atoms with E-state index in [1.165, 1.54) is 24.6 Å². The number of rotatable bonds is 6. The molecule has 10 heteroatoms. The van der Waals surface area contributed by atoms with E-state index < -0.39 is 24.9 Å². The predicted octanol–water partition coefficient (Wildman–Crippen LogP) is 2.82. The lowest BCUT2D eigenvalue weighted by Gasteiger charge is -2.08. The Balaban J connectivity index is 0.000000472. The van der Waals surface area contributed by atoms with Gasteiger partial charge in [0.25, 0.3) is 0 Å². The van der Waals surface area contributed by atoms with Gasteiger partial charge < -0.3 is 13.0 Å². The molecule has 0 N–H and O–H groups in total. The van der Waals surface area contributed by atoms with Gasteiger partial charge in [0.05, 0.1) is 0 Å². The molecule has 1 rings (SSSR count). The third-order valence-corrected chi connectivity index (χ3v) is 5.36. The van der Waals surface area contributed by atoms with E-state index in [1.54, 1.807) is 14.2 Å². The van der Waals surface area contributed by atoms with Crippen LogP contribution in [0, 0.1) is 0 Å². The standard InChI is InChI=1S/C7H5F3O3S.C5H14O2Si/c8-7(9,10)14(11,12)13-6-4-2-1-3-5-6;1-4-5-8(6-2)7-3/h1-5H;8H,4-5H2,1-3H3. The highest BCUT2D eigenvalue weighted by atomic mass is 32.2. The Hall–Kier alpha value is -1.10. The van der Waals surface area contributed by atoms with Gasteiger partial charge in [-0.2, -0.15) is 21.6 Å². The molecular weight excluding hydrogens is 341 g/mol. The van der Waals surface area contributed by atoms with Gasteiger partial charge in [-0.3, -0.25) is 0 Å². The molecule has 1 aromatic carbocycles. The molecule has 0 heterocycles. The van der Waals surface area contributed by atoms with Gasteiger partial charge in [-0.05, 0) is 18.2 Å². The summed E-state index contributed by atoms with van der Waals surface area (Å²) in [6, 6.07) is 7.59. The lowest BCUT2D eigenvalue weighted by atomic mass is 10.3. The second-order valence-corrected chi connectivity index (χ2v) is 7.90. The van der Waals surface area contributed by atoms with Gasteiger partial charge in [-0.1, -0.05) is 31.5 Å². The zero-order valence-corrected chi connectivity index (χ0v) is 14.4. The van der Waals surface area contributed by atoms with E-state index in [2.05, 4.69) is 11.1 Å². The molecule has 0 fully saturated rings. The van der Waals surface area contributed by atoms with Crippen molar-refractivity contribution < 1.29 is 34.6 Å². The van der Waals surface area contributed by atoms with Crippen LogP contribution in [0.5, 0.6) is 5.75 Å². The minimum atomic E-state index is -5.55. The first-order chi connectivity index (χ1) is 10.2. The van der Waals surface area contributed by atoms with Crippen molar-refractivity contribution in [3.8, 4) is 5.75 Å². The van der Waals surface area contributed by atoms with E-state index in [4.69, 9.17) is 8.85 Å². The maximum atomic E-state index is 11.8. The van der Waals surface area contributed by atoms with E-state index in [0.29, 0.717) is 0 Å². The van der Waals surface area contributed by atoms with Gasteiger partial charge in [-0.25, -0.2) is 0 Å². The normalized spacial score (nSPS) is 11.8. The van der Waals surface area contributed by atoms with Crippen LogP contribution in [0.4, 0.5) is 13.2 Å². The lowest BCUT2D eigenvalue weighted by Crippen LogP contribution is -2.27. The fraction of sp³-hybridized carbons (Fsp3) is 0.500. The van der Waals surface area contributed by atoms with Crippen LogP contribution in [0.1, 0.15) is 13.3 Å². The summed E-state index contributed by atoms with van der Waals surface area (Å²) in [6.45, 7) is 2.14. The van der Waals surface area contributed by atoms with Crippen LogP contribution in [0.2, 0.25) is 6.04 Å². The lowest BCUT2D eigenvalue weighted by molar-refractivity contribution is -0.0500. The van der Waals surface area contributed by atoms with Crippen LogP contribution in [0.15, 0.2) is 30.3 Å². The van der Waals surface area contributed by atoms with E-state index >= 15 is 0 Å². The Labute approximate surface area is 130 Å². The highest BCUT2D eigenvalue weighted by molar-refractivity contribution is 7.87. The molecule has 0 unspecified atom stereocenters. The smallest absolute Gasteiger partial charge is 0.400 e. The number of halogens is 3. The number of hydrogen-bond acceptors (Lipinski definition) is 5. The van der Waals surface area contributed by atoms with E-state index in [0.717, 1.165) is 18.2 Å². The largest absolute Gasteiger partial charge is 0.534 e. The summed E-state index contributed by atoms with van der Waals surface area (Å²) in [7, 11) is -3.31. The highest BCUT2D eigenvalue weighted by Gasteiger charge is 2.48. The minimum absolute atomic E-state index is 0.371. The Morgan fingerprint density at radius 2 is 1.59 bits per heavy atom. The van der Waals surface area contributed by atoms with Crippen LogP contribution >= 0.6 is 0 Å². The molecule has 0 amide bonds. The van der Waals surface area contributed by atoms with Gasteiger partial charge >= 0.3 is 24.9 Å². The van der Waals surface area contributed by atoms with Gasteiger partial charge in [0.1, 0.15) is 5.75 Å². The van der Waals surface area contributed by atoms with Gasteiger partial charge in [0.15, 0.2) is 0 Å². The number of alkyl halides is 3. The van der Waals surface area contributed by atoms with Gasteiger partial charge in [0, 0.05) is 14.2 Å². The Kier molecular flexibility index (Phi) is 9.33. The maximum absolute atomic E-state index is 11.8. The molecule has 0 spiro atoms. The summed E-state index contributed by atoms with van der Waals surface area (Å²) >= 11 is 0. The highest BCUT2D eigenvalue weighted by Crippen LogP contribution is 2.26. The van der Waals surface area contributed by atoms with E-state index in [-0.39, 0.29) is 5.75 Å². The molecule has 0 aliphatic carbocycles. The average molecular weight is 360 g/mol. The van der Waals surface area contributed by atoms with Crippen molar-refractivity contribution in [2.75, 3.05) is 14.2 Å². The second kappa shape index (κ2) is 9.82. The second-order valence-electron chi connectivity index (χ2n) is 3.99. The van der Waals surface area contributed by atoms with Crippen molar-refractivity contribution >= 4 is 19.4 Å². The van der Waals surface area contributed by atoms with Crippen molar-refractivity contribution in [3.63, 3.8) is 0 Å². The number of para-hydroxylation sites is 1. The molecule has 1 aromatic rings. The summed E-state index contributed by atoms with van der Waals surface area (Å²) in [5.41, 5.74) is -5.40. The summed E-state index contributed by atoms with van der Waals surface area (Å²) in [6.07, 6.45) is 1.17. The molecular formula is C12H19F3O5SSi. The third-order valence-electron chi connectivity index (χ3n) is 2.28. The maximum Gasteiger partial charge on any atom is 0.534 e. The SMILES string of the molecule is CCC[SiH](OC)OC.O=S(=O)(Oc1ccccc1)C(F)(F)F. The van der Waals surface area contributed by atoms with Crippen LogP contribution in [-0.2, 0) is 19.0 Å². The monoisotopic (exact) mass is 360 g/mol. The Morgan fingerprint density at radius 1 is 1.09 bits per heavy atom. The molecule has 0 radical (unpaired) electrons. The van der Waals surface area contributed by atoms with Crippen LogP contribution in [-0.4, -0.2) is 37.4 Å². The van der Waals surface area contributed by atoms with Crippen LogP contribution in [0.3, 0.4) is 0 Å². The fourth-order valence-corrected chi connectivity index (χ4v) is 2.81. The first-order valence-electron chi connectivity index (χ1n) is 6.29. The van der Waals surface area contributed by atoms with E-state index in [9.17, 15) is 21.6 Å². The summed E-state index contributed by atoms with van der Waals surface area (Å²) in [5.74, 6) is -0.371. The minimum Gasteiger partial charge on any atom is -0.400 e. The molecule has 128 valence electrons. The first kappa shape index (κ1) is 20.9. The van der Waals surface area contributed by atoms with Gasteiger partial charge in [-0.15, -0.1) is 0 Å². The van der Waals surface area contributed by atoms with Crippen molar-refractivity contribution in [3.05, 3.63) is 30.3 Å². The predicted molar refractivity (Wildman–Crippen MR) is 78.3 cm³/mol. The van der Waals surface area contributed by atoms with Crippen molar-refractivity contribution in [1.29, 1.82) is 0 Å². The number of hydrogen-bond donors (Lipinski definition) is 0. The zero-order valence-electron chi connectivity index (χ0n) is 12.5. The molecule has 22 heavy (non-hydrogen) atoms. The molecule has 0 bridgehead atoms. The fourth-order valence-electron chi connectivity index (χ4n) is 1.22. The van der Waals surface area contributed by atoms with Crippen LogP contribution in [0.25, 0.3) is 0 Å². The van der Waals surface area contributed by atoms with Crippen molar-refractivity contribution in [2.45, 2.75) is 24.9 Å². The molecule has 0 saturated heterocycles. The number of benzene rings is 1. The summed E-state index contributed by atoms with van der Waals surface area (Å²) in [4.78, 5) is 0.